The van der Waals surface area contributed by atoms with Crippen molar-refractivity contribution in [3.63, 3.8) is 0 Å². The Labute approximate surface area is 126 Å². The molecule has 1 rings (SSSR count). The molecule has 5 heteroatoms. The van der Waals surface area contributed by atoms with Gasteiger partial charge in [-0.25, -0.2) is 4.79 Å². The van der Waals surface area contributed by atoms with E-state index in [4.69, 9.17) is 14.6 Å². The predicted octanol–water partition coefficient (Wildman–Crippen LogP) is 2.41. The number of benzene rings is 1. The first-order valence-electron chi connectivity index (χ1n) is 7.31. The van der Waals surface area contributed by atoms with Crippen LogP contribution in [0.15, 0.2) is 24.3 Å². The van der Waals surface area contributed by atoms with Crippen molar-refractivity contribution in [3.05, 3.63) is 29.8 Å². The van der Waals surface area contributed by atoms with Gasteiger partial charge in [-0.15, -0.1) is 0 Å². The lowest BCUT2D eigenvalue weighted by Gasteiger charge is -2.22. The first-order valence-corrected chi connectivity index (χ1v) is 7.31. The van der Waals surface area contributed by atoms with E-state index in [1.54, 1.807) is 12.1 Å². The van der Waals surface area contributed by atoms with Gasteiger partial charge < -0.3 is 19.9 Å². The van der Waals surface area contributed by atoms with Crippen LogP contribution in [0.25, 0.3) is 0 Å². The van der Waals surface area contributed by atoms with Gasteiger partial charge in [0.2, 0.25) is 0 Å². The first-order chi connectivity index (χ1) is 10.0. The molecule has 21 heavy (non-hydrogen) atoms. The summed E-state index contributed by atoms with van der Waals surface area (Å²) in [6.45, 7) is 8.96. The Morgan fingerprint density at radius 3 is 2.48 bits per heavy atom. The van der Waals surface area contributed by atoms with Gasteiger partial charge >= 0.3 is 5.97 Å². The van der Waals surface area contributed by atoms with Gasteiger partial charge in [0.05, 0.1) is 12.2 Å². The SMILES string of the molecule is CCOCC(NCCOc1ccc(C(=O)O)cc1)C(C)C. The van der Waals surface area contributed by atoms with E-state index in [0.717, 1.165) is 13.2 Å². The summed E-state index contributed by atoms with van der Waals surface area (Å²) < 4.78 is 11.0. The van der Waals surface area contributed by atoms with Crippen LogP contribution in [-0.4, -0.2) is 43.5 Å². The van der Waals surface area contributed by atoms with Crippen molar-refractivity contribution in [3.8, 4) is 5.75 Å². The van der Waals surface area contributed by atoms with Gasteiger partial charge in [-0.3, -0.25) is 0 Å². The first kappa shape index (κ1) is 17.5. The van der Waals surface area contributed by atoms with E-state index in [-0.39, 0.29) is 5.56 Å². The molecule has 0 bridgehead atoms. The summed E-state index contributed by atoms with van der Waals surface area (Å²) in [5.41, 5.74) is 0.261. The van der Waals surface area contributed by atoms with Crippen LogP contribution in [0.5, 0.6) is 5.75 Å². The van der Waals surface area contributed by atoms with Crippen molar-refractivity contribution < 1.29 is 19.4 Å². The van der Waals surface area contributed by atoms with Gasteiger partial charge in [0.15, 0.2) is 0 Å². The topological polar surface area (TPSA) is 67.8 Å². The van der Waals surface area contributed by atoms with Crippen LogP contribution in [0.3, 0.4) is 0 Å². The molecule has 1 aromatic rings. The molecule has 1 unspecified atom stereocenters. The summed E-state index contributed by atoms with van der Waals surface area (Å²) in [5, 5.41) is 12.2. The molecule has 0 radical (unpaired) electrons. The smallest absolute Gasteiger partial charge is 0.335 e. The summed E-state index contributed by atoms with van der Waals surface area (Å²) in [4.78, 5) is 10.7. The van der Waals surface area contributed by atoms with Gasteiger partial charge in [0.1, 0.15) is 12.4 Å². The summed E-state index contributed by atoms with van der Waals surface area (Å²) in [7, 11) is 0. The molecule has 2 N–H and O–H groups in total. The minimum Gasteiger partial charge on any atom is -0.492 e. The molecule has 0 aliphatic carbocycles. The van der Waals surface area contributed by atoms with Crippen LogP contribution in [-0.2, 0) is 4.74 Å². The Balaban J connectivity index is 2.30. The van der Waals surface area contributed by atoms with Crippen molar-refractivity contribution in [1.82, 2.24) is 5.32 Å². The number of carboxylic acids is 1. The largest absolute Gasteiger partial charge is 0.492 e. The molecule has 0 spiro atoms. The van der Waals surface area contributed by atoms with Crippen molar-refractivity contribution in [2.24, 2.45) is 5.92 Å². The van der Waals surface area contributed by atoms with Crippen LogP contribution in [0.1, 0.15) is 31.1 Å². The van der Waals surface area contributed by atoms with Crippen molar-refractivity contribution >= 4 is 5.97 Å². The van der Waals surface area contributed by atoms with Gasteiger partial charge in [0.25, 0.3) is 0 Å². The number of rotatable bonds is 10. The molecule has 5 nitrogen and oxygen atoms in total. The molecule has 0 saturated carbocycles. The zero-order valence-electron chi connectivity index (χ0n) is 13.0. The average Bonchev–Trinajstić information content (AvgIpc) is 2.46. The summed E-state index contributed by atoms with van der Waals surface area (Å²) in [6, 6.07) is 6.73. The van der Waals surface area contributed by atoms with E-state index in [2.05, 4.69) is 19.2 Å². The fourth-order valence-electron chi connectivity index (χ4n) is 1.84. The molecule has 0 aliphatic rings. The van der Waals surface area contributed by atoms with E-state index in [1.807, 2.05) is 6.92 Å². The lowest BCUT2D eigenvalue weighted by molar-refractivity contribution is 0.0697. The quantitative estimate of drug-likeness (QED) is 0.649. The highest BCUT2D eigenvalue weighted by molar-refractivity contribution is 5.87. The third-order valence-corrected chi connectivity index (χ3v) is 3.18. The van der Waals surface area contributed by atoms with E-state index in [0.29, 0.717) is 30.9 Å². The molecule has 0 amide bonds. The van der Waals surface area contributed by atoms with Crippen molar-refractivity contribution in [2.75, 3.05) is 26.4 Å². The highest BCUT2D eigenvalue weighted by atomic mass is 16.5. The van der Waals surface area contributed by atoms with Gasteiger partial charge in [-0.1, -0.05) is 13.8 Å². The molecule has 1 atom stereocenters. The van der Waals surface area contributed by atoms with E-state index < -0.39 is 5.97 Å². The molecule has 0 heterocycles. The number of carbonyl (C=O) groups is 1. The monoisotopic (exact) mass is 295 g/mol. The number of ether oxygens (including phenoxy) is 2. The second-order valence-corrected chi connectivity index (χ2v) is 5.14. The molecule has 1 aromatic carbocycles. The molecule has 0 aromatic heterocycles. The van der Waals surface area contributed by atoms with E-state index in [1.165, 1.54) is 12.1 Å². The minimum atomic E-state index is -0.932. The van der Waals surface area contributed by atoms with Crippen LogP contribution in [0.2, 0.25) is 0 Å². The maximum Gasteiger partial charge on any atom is 0.335 e. The van der Waals surface area contributed by atoms with Crippen LogP contribution < -0.4 is 10.1 Å². The second-order valence-electron chi connectivity index (χ2n) is 5.14. The maximum absolute atomic E-state index is 10.7. The number of hydrogen-bond acceptors (Lipinski definition) is 4. The van der Waals surface area contributed by atoms with E-state index >= 15 is 0 Å². The lowest BCUT2D eigenvalue weighted by Crippen LogP contribution is -2.40. The third-order valence-electron chi connectivity index (χ3n) is 3.18. The van der Waals surface area contributed by atoms with E-state index in [9.17, 15) is 4.79 Å². The normalized spacial score (nSPS) is 12.4. The molecular formula is C16H25NO4. The number of nitrogens with one attached hydrogen (secondary N) is 1. The molecule has 0 saturated heterocycles. The molecule has 118 valence electrons. The fourth-order valence-corrected chi connectivity index (χ4v) is 1.84. The Kier molecular flexibility index (Phi) is 7.79. The highest BCUT2D eigenvalue weighted by Crippen LogP contribution is 2.12. The molecule has 0 fully saturated rings. The summed E-state index contributed by atoms with van der Waals surface area (Å²) >= 11 is 0. The highest BCUT2D eigenvalue weighted by Gasteiger charge is 2.12. The van der Waals surface area contributed by atoms with Gasteiger partial charge in [0, 0.05) is 19.2 Å². The Hall–Kier alpha value is -1.59. The fraction of sp³-hybridized carbons (Fsp3) is 0.562. The van der Waals surface area contributed by atoms with Gasteiger partial charge in [-0.05, 0) is 37.1 Å². The second kappa shape index (κ2) is 9.37. The van der Waals surface area contributed by atoms with Crippen LogP contribution in [0, 0.1) is 5.92 Å². The average molecular weight is 295 g/mol. The maximum atomic E-state index is 10.7. The molecule has 0 aliphatic heterocycles. The minimum absolute atomic E-state index is 0.261. The predicted molar refractivity (Wildman–Crippen MR) is 82.0 cm³/mol. The standard InChI is InChI=1S/C16H25NO4/c1-4-20-11-15(12(2)3)17-9-10-21-14-7-5-13(6-8-14)16(18)19/h5-8,12,15,17H,4,9-11H2,1-3H3,(H,18,19). The summed E-state index contributed by atoms with van der Waals surface area (Å²) in [6.07, 6.45) is 0. The van der Waals surface area contributed by atoms with Crippen molar-refractivity contribution in [1.29, 1.82) is 0 Å². The Morgan fingerprint density at radius 2 is 1.95 bits per heavy atom. The third kappa shape index (κ3) is 6.60. The van der Waals surface area contributed by atoms with Crippen molar-refractivity contribution in [2.45, 2.75) is 26.8 Å². The number of carboxylic acid groups (broad SMARTS) is 1. The zero-order valence-corrected chi connectivity index (χ0v) is 13.0. The van der Waals surface area contributed by atoms with Crippen LogP contribution >= 0.6 is 0 Å². The van der Waals surface area contributed by atoms with Crippen LogP contribution in [0.4, 0.5) is 0 Å². The lowest BCUT2D eigenvalue weighted by atomic mass is 10.1. The number of hydrogen-bond donors (Lipinski definition) is 2. The summed E-state index contributed by atoms with van der Waals surface area (Å²) in [5.74, 6) is 0.234. The Morgan fingerprint density at radius 1 is 1.29 bits per heavy atom. The van der Waals surface area contributed by atoms with Gasteiger partial charge in [-0.2, -0.15) is 0 Å². The zero-order chi connectivity index (χ0) is 15.7. The molecular weight excluding hydrogens is 270 g/mol. The number of aromatic carboxylic acids is 1. The Bertz CT molecular complexity index is 417.